The van der Waals surface area contributed by atoms with Crippen molar-refractivity contribution in [1.29, 1.82) is 0 Å². The summed E-state index contributed by atoms with van der Waals surface area (Å²) in [5, 5.41) is 0. The summed E-state index contributed by atoms with van der Waals surface area (Å²) in [5.41, 5.74) is 0.598. The topological polar surface area (TPSA) is 63.7 Å². The van der Waals surface area contributed by atoms with Gasteiger partial charge in [0.1, 0.15) is 0 Å². The Morgan fingerprint density at radius 3 is 2.25 bits per heavy atom. The Bertz CT molecular complexity index is 821. The Morgan fingerprint density at radius 2 is 1.68 bits per heavy atom. The lowest BCUT2D eigenvalue weighted by Crippen LogP contribution is -2.46. The number of nitrogens with zero attached hydrogens (tertiary/aromatic N) is 1. The van der Waals surface area contributed by atoms with E-state index in [1.54, 1.807) is 11.0 Å². The maximum atomic E-state index is 12.6. The van der Waals surface area contributed by atoms with Gasteiger partial charge in [0, 0.05) is 23.4 Å². The van der Waals surface area contributed by atoms with Crippen LogP contribution in [0.25, 0.3) is 0 Å². The molecule has 1 aromatic carbocycles. The summed E-state index contributed by atoms with van der Waals surface area (Å²) in [5.74, 6) is -0.879. The number of rotatable bonds is 8. The third kappa shape index (κ3) is 6.60. The minimum Gasteiger partial charge on any atom is -0.456 e. The van der Waals surface area contributed by atoms with Crippen LogP contribution in [-0.4, -0.2) is 34.7 Å². The monoisotopic (exact) mass is 401 g/mol. The van der Waals surface area contributed by atoms with E-state index in [0.29, 0.717) is 11.4 Å². The highest BCUT2D eigenvalue weighted by Gasteiger charge is 2.27. The van der Waals surface area contributed by atoms with Crippen molar-refractivity contribution in [2.75, 3.05) is 6.61 Å². The fourth-order valence-electron chi connectivity index (χ4n) is 2.68. The smallest absolute Gasteiger partial charge is 0.306 e. The molecule has 2 rings (SSSR count). The van der Waals surface area contributed by atoms with E-state index in [0.717, 1.165) is 10.4 Å². The fraction of sp³-hybridized carbons (Fsp3) is 0.409. The summed E-state index contributed by atoms with van der Waals surface area (Å²) in [6, 6.07) is 13.3. The Hall–Kier alpha value is -2.47. The number of hydrogen-bond acceptors (Lipinski definition) is 5. The SMILES string of the molecule is Cc1ccc(C(=O)CCC(=O)OCC(=O)N(Cc2ccccc2)C(C)(C)C)s1. The Kier molecular flexibility index (Phi) is 7.52. The zero-order valence-corrected chi connectivity index (χ0v) is 17.7. The molecule has 0 fully saturated rings. The van der Waals surface area contributed by atoms with Crippen LogP contribution in [0.4, 0.5) is 0 Å². The zero-order chi connectivity index (χ0) is 20.7. The quantitative estimate of drug-likeness (QED) is 0.486. The molecule has 1 aromatic heterocycles. The highest BCUT2D eigenvalue weighted by atomic mass is 32.1. The number of benzene rings is 1. The molecule has 0 radical (unpaired) electrons. The van der Waals surface area contributed by atoms with Gasteiger partial charge in [-0.15, -0.1) is 11.3 Å². The van der Waals surface area contributed by atoms with E-state index in [-0.39, 0.29) is 31.1 Å². The van der Waals surface area contributed by atoms with Crippen molar-refractivity contribution in [2.24, 2.45) is 0 Å². The predicted octanol–water partition coefficient (Wildman–Crippen LogP) is 4.39. The number of thiophene rings is 1. The van der Waals surface area contributed by atoms with E-state index in [4.69, 9.17) is 4.74 Å². The largest absolute Gasteiger partial charge is 0.456 e. The van der Waals surface area contributed by atoms with Crippen molar-refractivity contribution in [2.45, 2.75) is 52.6 Å². The Labute approximate surface area is 170 Å². The van der Waals surface area contributed by atoms with E-state index in [1.165, 1.54) is 11.3 Å². The molecular formula is C22H27NO4S. The molecule has 5 nitrogen and oxygen atoms in total. The van der Waals surface area contributed by atoms with Gasteiger partial charge in [-0.25, -0.2) is 0 Å². The standard InChI is InChI=1S/C22H27NO4S/c1-16-10-12-19(28-16)18(24)11-13-21(26)27-15-20(25)23(22(2,3)4)14-17-8-6-5-7-9-17/h5-10,12H,11,13-15H2,1-4H3. The van der Waals surface area contributed by atoms with Gasteiger partial charge in [0.2, 0.25) is 0 Å². The number of aryl methyl sites for hydroxylation is 1. The molecule has 150 valence electrons. The lowest BCUT2D eigenvalue weighted by Gasteiger charge is -2.35. The van der Waals surface area contributed by atoms with Gasteiger partial charge in [0.15, 0.2) is 12.4 Å². The van der Waals surface area contributed by atoms with E-state index >= 15 is 0 Å². The molecule has 0 saturated carbocycles. The van der Waals surface area contributed by atoms with Gasteiger partial charge in [0.25, 0.3) is 5.91 Å². The highest BCUT2D eigenvalue weighted by Crippen LogP contribution is 2.19. The zero-order valence-electron chi connectivity index (χ0n) is 16.9. The number of carbonyl (C=O) groups excluding carboxylic acids is 3. The third-order valence-electron chi connectivity index (χ3n) is 4.22. The molecule has 0 saturated heterocycles. The second-order valence-corrected chi connectivity index (χ2v) is 8.92. The summed E-state index contributed by atoms with van der Waals surface area (Å²) in [4.78, 5) is 40.1. The molecule has 6 heteroatoms. The first-order valence-electron chi connectivity index (χ1n) is 9.26. The number of ether oxygens (including phenoxy) is 1. The first-order valence-corrected chi connectivity index (χ1v) is 10.1. The van der Waals surface area contributed by atoms with Crippen LogP contribution in [0.5, 0.6) is 0 Å². The summed E-state index contributed by atoms with van der Waals surface area (Å²) in [6.45, 7) is 7.87. The second-order valence-electron chi connectivity index (χ2n) is 7.63. The van der Waals surface area contributed by atoms with Gasteiger partial charge in [-0.3, -0.25) is 14.4 Å². The Morgan fingerprint density at radius 1 is 1.00 bits per heavy atom. The summed E-state index contributed by atoms with van der Waals surface area (Å²) in [6.07, 6.45) is 0.0528. The van der Waals surface area contributed by atoms with Crippen LogP contribution >= 0.6 is 11.3 Å². The van der Waals surface area contributed by atoms with Gasteiger partial charge in [-0.05, 0) is 45.4 Å². The molecule has 1 heterocycles. The molecule has 0 unspecified atom stereocenters. The summed E-state index contributed by atoms with van der Waals surface area (Å²) >= 11 is 1.41. The maximum absolute atomic E-state index is 12.6. The minimum absolute atomic E-state index is 0.0305. The van der Waals surface area contributed by atoms with Crippen molar-refractivity contribution in [3.63, 3.8) is 0 Å². The van der Waals surface area contributed by atoms with Gasteiger partial charge in [0.05, 0.1) is 11.3 Å². The Balaban J connectivity index is 1.85. The van der Waals surface area contributed by atoms with Gasteiger partial charge in [-0.2, -0.15) is 0 Å². The lowest BCUT2D eigenvalue weighted by molar-refractivity contribution is -0.154. The van der Waals surface area contributed by atoms with Crippen LogP contribution in [-0.2, 0) is 20.9 Å². The molecule has 1 amide bonds. The van der Waals surface area contributed by atoms with Crippen LogP contribution in [0.1, 0.15) is 53.7 Å². The number of Topliss-reactive ketones (excluding diaryl/α,β-unsaturated/α-hetero) is 1. The van der Waals surface area contributed by atoms with Crippen molar-refractivity contribution in [3.05, 3.63) is 57.8 Å². The lowest BCUT2D eigenvalue weighted by atomic mass is 10.0. The molecule has 0 spiro atoms. The fourth-order valence-corrected chi connectivity index (χ4v) is 3.52. The minimum atomic E-state index is -0.538. The van der Waals surface area contributed by atoms with Gasteiger partial charge >= 0.3 is 5.97 Å². The predicted molar refractivity (Wildman–Crippen MR) is 110 cm³/mol. The van der Waals surface area contributed by atoms with Crippen LogP contribution < -0.4 is 0 Å². The van der Waals surface area contributed by atoms with Crippen LogP contribution in [0.15, 0.2) is 42.5 Å². The molecule has 0 bridgehead atoms. The van der Waals surface area contributed by atoms with Crippen molar-refractivity contribution in [1.82, 2.24) is 4.90 Å². The average molecular weight is 402 g/mol. The first kappa shape index (κ1) is 21.8. The van der Waals surface area contributed by atoms with Crippen molar-refractivity contribution in [3.8, 4) is 0 Å². The van der Waals surface area contributed by atoms with E-state index in [9.17, 15) is 14.4 Å². The summed E-state index contributed by atoms with van der Waals surface area (Å²) < 4.78 is 5.13. The molecule has 2 aromatic rings. The normalized spacial score (nSPS) is 11.1. The number of esters is 1. The molecule has 28 heavy (non-hydrogen) atoms. The van der Waals surface area contributed by atoms with Crippen LogP contribution in [0.3, 0.4) is 0 Å². The van der Waals surface area contributed by atoms with Gasteiger partial charge in [-0.1, -0.05) is 30.3 Å². The molecule has 0 N–H and O–H groups in total. The molecule has 0 aliphatic rings. The van der Waals surface area contributed by atoms with Crippen molar-refractivity contribution >= 4 is 29.0 Å². The molecule has 0 aliphatic heterocycles. The van der Waals surface area contributed by atoms with E-state index in [2.05, 4.69) is 0 Å². The molecular weight excluding hydrogens is 374 g/mol. The number of amides is 1. The average Bonchev–Trinajstić information content (AvgIpc) is 3.08. The van der Waals surface area contributed by atoms with Crippen molar-refractivity contribution < 1.29 is 19.1 Å². The molecule has 0 aliphatic carbocycles. The summed E-state index contributed by atoms with van der Waals surface area (Å²) in [7, 11) is 0. The second kappa shape index (κ2) is 9.64. The number of hydrogen-bond donors (Lipinski definition) is 0. The number of ketones is 1. The highest BCUT2D eigenvalue weighted by molar-refractivity contribution is 7.14. The van der Waals surface area contributed by atoms with Crippen LogP contribution in [0.2, 0.25) is 0 Å². The number of carbonyl (C=O) groups is 3. The van der Waals surface area contributed by atoms with Crippen LogP contribution in [0, 0.1) is 6.92 Å². The third-order valence-corrected chi connectivity index (χ3v) is 5.26. The maximum Gasteiger partial charge on any atom is 0.306 e. The van der Waals surface area contributed by atoms with Gasteiger partial charge < -0.3 is 9.64 Å². The molecule has 0 atom stereocenters. The van der Waals surface area contributed by atoms with E-state index in [1.807, 2.05) is 64.1 Å². The van der Waals surface area contributed by atoms with E-state index < -0.39 is 11.5 Å². The first-order chi connectivity index (χ1) is 13.2.